The minimum atomic E-state index is 0.359. The first-order valence-electron chi connectivity index (χ1n) is 19.8. The van der Waals surface area contributed by atoms with E-state index in [4.69, 9.17) is 0 Å². The minimum Gasteiger partial charge on any atom is -0.374 e. The van der Waals surface area contributed by atoms with Gasteiger partial charge in [-0.1, -0.05) is 142 Å². The third kappa shape index (κ3) is 20.9. The molecular formula is C39H76N4O. The van der Waals surface area contributed by atoms with Crippen LogP contribution in [0.15, 0.2) is 11.8 Å². The lowest BCUT2D eigenvalue weighted by Crippen LogP contribution is -2.50. The van der Waals surface area contributed by atoms with Crippen LogP contribution in [0, 0.1) is 0 Å². The number of nitrogens with zero attached hydrogens (tertiary/aromatic N) is 4. The molecule has 5 nitrogen and oxygen atoms in total. The van der Waals surface area contributed by atoms with E-state index in [0.717, 1.165) is 45.8 Å². The summed E-state index contributed by atoms with van der Waals surface area (Å²) < 4.78 is 0. The van der Waals surface area contributed by atoms with E-state index in [2.05, 4.69) is 46.6 Å². The van der Waals surface area contributed by atoms with Crippen LogP contribution in [0.3, 0.4) is 0 Å². The summed E-state index contributed by atoms with van der Waals surface area (Å²) in [6.45, 7) is 17.0. The van der Waals surface area contributed by atoms with Crippen LogP contribution >= 0.6 is 0 Å². The van der Waals surface area contributed by atoms with Crippen LogP contribution < -0.4 is 0 Å². The Hall–Kier alpha value is -1.07. The molecule has 2 rings (SSSR count). The molecular weight excluding hydrogens is 540 g/mol. The number of unbranched alkanes of at least 4 members (excludes halogenated alkanes) is 18. The molecule has 0 atom stereocenters. The molecule has 1 saturated heterocycles. The number of hydrogen-bond acceptors (Lipinski definition) is 4. The van der Waals surface area contributed by atoms with Crippen molar-refractivity contribution < 1.29 is 4.79 Å². The predicted molar refractivity (Wildman–Crippen MR) is 192 cm³/mol. The van der Waals surface area contributed by atoms with Crippen molar-refractivity contribution in [2.75, 3.05) is 65.4 Å². The Morgan fingerprint density at radius 3 is 1.34 bits per heavy atom. The molecule has 2 fully saturated rings. The summed E-state index contributed by atoms with van der Waals surface area (Å²) in [6, 6.07) is 0. The molecule has 1 heterocycles. The lowest BCUT2D eigenvalue weighted by atomic mass is 10.1. The SMILES string of the molecule is CCCCCCCCCN(CCCCCCCCC)CCN(CCCCCCCCC)CC(=O)N1CCN(C=C2CC2)CC1. The normalized spacial score (nSPS) is 15.2. The van der Waals surface area contributed by atoms with Crippen molar-refractivity contribution in [2.45, 2.75) is 168 Å². The van der Waals surface area contributed by atoms with E-state index in [-0.39, 0.29) is 0 Å². The van der Waals surface area contributed by atoms with Gasteiger partial charge < -0.3 is 14.7 Å². The molecule has 44 heavy (non-hydrogen) atoms. The van der Waals surface area contributed by atoms with Gasteiger partial charge in [0.05, 0.1) is 6.54 Å². The van der Waals surface area contributed by atoms with Gasteiger partial charge in [-0.3, -0.25) is 9.69 Å². The number of allylic oxidation sites excluding steroid dienone is 1. The fraction of sp³-hybridized carbons (Fsp3) is 0.923. The zero-order chi connectivity index (χ0) is 31.5. The Kier molecular flexibility index (Phi) is 24.1. The fourth-order valence-electron chi connectivity index (χ4n) is 6.62. The van der Waals surface area contributed by atoms with Crippen LogP contribution in [-0.4, -0.2) is 91.0 Å². The van der Waals surface area contributed by atoms with Crippen LogP contribution in [0.25, 0.3) is 0 Å². The van der Waals surface area contributed by atoms with E-state index >= 15 is 0 Å². The van der Waals surface area contributed by atoms with Crippen molar-refractivity contribution in [3.05, 3.63) is 11.8 Å². The van der Waals surface area contributed by atoms with E-state index in [1.54, 1.807) is 5.57 Å². The zero-order valence-corrected chi connectivity index (χ0v) is 30.1. The number of carbonyl (C=O) groups is 1. The Morgan fingerprint density at radius 1 is 0.523 bits per heavy atom. The molecule has 0 aromatic rings. The lowest BCUT2D eigenvalue weighted by molar-refractivity contribution is -0.133. The van der Waals surface area contributed by atoms with Gasteiger partial charge in [0.2, 0.25) is 5.91 Å². The maximum atomic E-state index is 13.5. The van der Waals surface area contributed by atoms with E-state index in [0.29, 0.717) is 12.5 Å². The number of piperazine rings is 1. The van der Waals surface area contributed by atoms with Gasteiger partial charge in [-0.15, -0.1) is 0 Å². The predicted octanol–water partition coefficient (Wildman–Crippen LogP) is 9.66. The van der Waals surface area contributed by atoms with E-state index < -0.39 is 0 Å². The molecule has 5 heteroatoms. The Labute approximate surface area is 275 Å². The van der Waals surface area contributed by atoms with Crippen molar-refractivity contribution in [1.29, 1.82) is 0 Å². The van der Waals surface area contributed by atoms with Gasteiger partial charge in [0.25, 0.3) is 0 Å². The van der Waals surface area contributed by atoms with E-state index in [1.807, 2.05) is 0 Å². The molecule has 1 aliphatic carbocycles. The summed E-state index contributed by atoms with van der Waals surface area (Å²) in [5.74, 6) is 0.359. The molecule has 1 saturated carbocycles. The van der Waals surface area contributed by atoms with Crippen molar-refractivity contribution in [3.63, 3.8) is 0 Å². The van der Waals surface area contributed by atoms with E-state index in [9.17, 15) is 4.79 Å². The molecule has 2 aliphatic rings. The summed E-state index contributed by atoms with van der Waals surface area (Å²) in [5.41, 5.74) is 1.59. The Morgan fingerprint density at radius 2 is 0.909 bits per heavy atom. The van der Waals surface area contributed by atoms with Crippen LogP contribution in [0.1, 0.15) is 168 Å². The third-order valence-corrected chi connectivity index (χ3v) is 9.90. The monoisotopic (exact) mass is 617 g/mol. The summed E-state index contributed by atoms with van der Waals surface area (Å²) in [7, 11) is 0. The largest absolute Gasteiger partial charge is 0.374 e. The highest BCUT2D eigenvalue weighted by Crippen LogP contribution is 2.28. The van der Waals surface area contributed by atoms with Gasteiger partial charge in [-0.05, 0) is 57.9 Å². The van der Waals surface area contributed by atoms with Crippen molar-refractivity contribution >= 4 is 5.91 Å². The van der Waals surface area contributed by atoms with Gasteiger partial charge in [-0.25, -0.2) is 0 Å². The van der Waals surface area contributed by atoms with Gasteiger partial charge in [0, 0.05) is 39.3 Å². The second-order valence-corrected chi connectivity index (χ2v) is 14.2. The molecule has 0 spiro atoms. The molecule has 0 bridgehead atoms. The number of carbonyl (C=O) groups excluding carboxylic acids is 1. The number of rotatable bonds is 30. The quantitative estimate of drug-likeness (QED) is 0.0752. The second kappa shape index (κ2) is 27.1. The first kappa shape index (κ1) is 39.1. The highest BCUT2D eigenvalue weighted by Gasteiger charge is 2.23. The van der Waals surface area contributed by atoms with Crippen LogP contribution in [-0.2, 0) is 4.79 Å². The number of amides is 1. The van der Waals surface area contributed by atoms with Gasteiger partial charge in [0.1, 0.15) is 0 Å². The van der Waals surface area contributed by atoms with Gasteiger partial charge in [-0.2, -0.15) is 0 Å². The second-order valence-electron chi connectivity index (χ2n) is 14.2. The summed E-state index contributed by atoms with van der Waals surface area (Å²) in [4.78, 5) is 23.3. The Bertz CT molecular complexity index is 678. The average molecular weight is 617 g/mol. The summed E-state index contributed by atoms with van der Waals surface area (Å²) in [5, 5.41) is 0. The van der Waals surface area contributed by atoms with Crippen molar-refractivity contribution in [3.8, 4) is 0 Å². The van der Waals surface area contributed by atoms with Crippen LogP contribution in [0.5, 0.6) is 0 Å². The van der Waals surface area contributed by atoms with Crippen LogP contribution in [0.4, 0.5) is 0 Å². The summed E-state index contributed by atoms with van der Waals surface area (Å²) >= 11 is 0. The number of hydrogen-bond donors (Lipinski definition) is 0. The standard InChI is InChI=1S/C39H76N4O/c1-4-7-10-13-16-19-22-27-40(28-23-20-17-14-11-8-5-2)30-31-41(29-24-21-18-15-12-9-6-3)37-39(44)43-34-32-42(33-35-43)36-38-25-26-38/h36H,4-35,37H2,1-3H3. The third-order valence-electron chi connectivity index (χ3n) is 9.90. The first-order chi connectivity index (χ1) is 21.7. The maximum Gasteiger partial charge on any atom is 0.236 e. The van der Waals surface area contributed by atoms with Gasteiger partial charge >= 0.3 is 0 Å². The molecule has 0 unspecified atom stereocenters. The molecule has 0 aromatic carbocycles. The molecule has 0 N–H and O–H groups in total. The first-order valence-corrected chi connectivity index (χ1v) is 19.8. The van der Waals surface area contributed by atoms with Gasteiger partial charge in [0.15, 0.2) is 0 Å². The molecule has 258 valence electrons. The zero-order valence-electron chi connectivity index (χ0n) is 30.1. The molecule has 1 amide bonds. The fourth-order valence-corrected chi connectivity index (χ4v) is 6.62. The minimum absolute atomic E-state index is 0.359. The average Bonchev–Trinajstić information content (AvgIpc) is 3.86. The maximum absolute atomic E-state index is 13.5. The molecule has 1 aliphatic heterocycles. The van der Waals surface area contributed by atoms with E-state index in [1.165, 1.54) is 161 Å². The lowest BCUT2D eigenvalue weighted by Gasteiger charge is -2.35. The highest BCUT2D eigenvalue weighted by atomic mass is 16.2. The van der Waals surface area contributed by atoms with Crippen LogP contribution in [0.2, 0.25) is 0 Å². The highest BCUT2D eigenvalue weighted by molar-refractivity contribution is 5.78. The molecule has 0 radical (unpaired) electrons. The topological polar surface area (TPSA) is 30.0 Å². The van der Waals surface area contributed by atoms with Crippen molar-refractivity contribution in [1.82, 2.24) is 19.6 Å². The molecule has 0 aromatic heterocycles. The van der Waals surface area contributed by atoms with Crippen molar-refractivity contribution in [2.24, 2.45) is 0 Å². The smallest absolute Gasteiger partial charge is 0.236 e. The Balaban J connectivity index is 1.83. The summed E-state index contributed by atoms with van der Waals surface area (Å²) in [6.07, 6.45) is 33.6.